The van der Waals surface area contributed by atoms with Crippen LogP contribution in [0.5, 0.6) is 0 Å². The Bertz CT molecular complexity index is 1060. The predicted molar refractivity (Wildman–Crippen MR) is 101 cm³/mol. The fourth-order valence-electron chi connectivity index (χ4n) is 3.39. The molecule has 136 valence electrons. The number of aromatic nitrogens is 1. The number of rotatable bonds is 2. The first-order valence-corrected chi connectivity index (χ1v) is 8.15. The molecular weight excluding hydrogens is 358 g/mol. The molecule has 0 radical (unpaired) electrons. The number of halogens is 1. The third kappa shape index (κ3) is 3.00. The Morgan fingerprint density at radius 1 is 1.23 bits per heavy atom. The first-order valence-electron chi connectivity index (χ1n) is 8.15. The van der Waals surface area contributed by atoms with Gasteiger partial charge in [0.25, 0.3) is 0 Å². The van der Waals surface area contributed by atoms with Crippen molar-refractivity contribution in [3.63, 3.8) is 0 Å². The Balaban J connectivity index is 0.00000196. The van der Waals surface area contributed by atoms with Crippen LogP contribution in [0, 0.1) is 0 Å². The highest BCUT2D eigenvalue weighted by atomic mass is 35.5. The van der Waals surface area contributed by atoms with Crippen LogP contribution in [0.3, 0.4) is 0 Å². The highest BCUT2D eigenvalue weighted by molar-refractivity contribution is 5.98. The molecule has 4 N–H and O–H groups in total. The summed E-state index contributed by atoms with van der Waals surface area (Å²) in [5.74, 6) is -0.997. The second-order valence-corrected chi connectivity index (χ2v) is 6.29. The lowest BCUT2D eigenvalue weighted by molar-refractivity contribution is 0.0698. The number of hydrogen-bond acceptors (Lipinski definition) is 6. The molecule has 1 aliphatic heterocycles. The van der Waals surface area contributed by atoms with Crippen molar-refractivity contribution in [2.75, 3.05) is 18.8 Å². The zero-order valence-electron chi connectivity index (χ0n) is 13.8. The number of anilines is 1. The largest absolute Gasteiger partial charge is 0.478 e. The van der Waals surface area contributed by atoms with Gasteiger partial charge in [0.05, 0.1) is 10.8 Å². The molecule has 0 atom stereocenters. The van der Waals surface area contributed by atoms with Crippen LogP contribution in [0.25, 0.3) is 22.1 Å². The first kappa shape index (κ1) is 18.2. The monoisotopic (exact) mass is 375 g/mol. The van der Waals surface area contributed by atoms with E-state index in [9.17, 15) is 14.7 Å². The van der Waals surface area contributed by atoms with Crippen molar-refractivity contribution in [1.82, 2.24) is 10.3 Å². The maximum atomic E-state index is 12.9. The van der Waals surface area contributed by atoms with Crippen molar-refractivity contribution < 1.29 is 14.3 Å². The molecule has 1 aliphatic rings. The standard InChI is InChI=1S/C18H17N3O4.ClH/c19-16-13(18(23)24)8-12-15(22)11-7-10(9-3-5-20-6-4-9)1-2-14(11)25-17(12)21-16;/h1-2,7-9,20H,3-6H2,(H2,19,21)(H,23,24);1H. The molecule has 8 heteroatoms. The number of carbonyl (C=O) groups is 1. The molecule has 7 nitrogen and oxygen atoms in total. The number of piperidine rings is 1. The second-order valence-electron chi connectivity index (χ2n) is 6.29. The quantitative estimate of drug-likeness (QED) is 0.589. The number of aromatic carboxylic acids is 1. The van der Waals surface area contributed by atoms with Crippen molar-refractivity contribution >= 4 is 46.3 Å². The Hall–Kier alpha value is -2.64. The summed E-state index contributed by atoms with van der Waals surface area (Å²) in [6.45, 7) is 1.92. The van der Waals surface area contributed by atoms with Gasteiger partial charge in [-0.1, -0.05) is 6.07 Å². The number of fused-ring (bicyclic) bond motifs is 2. The molecule has 0 bridgehead atoms. The van der Waals surface area contributed by atoms with Gasteiger partial charge in [-0.05, 0) is 55.6 Å². The summed E-state index contributed by atoms with van der Waals surface area (Å²) >= 11 is 0. The SMILES string of the molecule is Cl.Nc1nc2oc3ccc(C4CCNCC4)cc3c(=O)c2cc1C(=O)O. The van der Waals surface area contributed by atoms with E-state index in [0.29, 0.717) is 16.9 Å². The maximum Gasteiger partial charge on any atom is 0.339 e. The van der Waals surface area contributed by atoms with Crippen LogP contribution in [0.15, 0.2) is 33.5 Å². The van der Waals surface area contributed by atoms with E-state index in [2.05, 4.69) is 10.3 Å². The molecule has 0 saturated carbocycles. The molecule has 1 saturated heterocycles. The zero-order valence-corrected chi connectivity index (χ0v) is 14.6. The molecule has 26 heavy (non-hydrogen) atoms. The van der Waals surface area contributed by atoms with Gasteiger partial charge in [0.1, 0.15) is 17.0 Å². The number of nitrogens with zero attached hydrogens (tertiary/aromatic N) is 1. The highest BCUT2D eigenvalue weighted by Crippen LogP contribution is 2.28. The van der Waals surface area contributed by atoms with Crippen LogP contribution in [0.4, 0.5) is 5.82 Å². The van der Waals surface area contributed by atoms with E-state index < -0.39 is 5.97 Å². The van der Waals surface area contributed by atoms with Gasteiger partial charge in [0.2, 0.25) is 11.1 Å². The van der Waals surface area contributed by atoms with Gasteiger partial charge in [-0.15, -0.1) is 12.4 Å². The molecule has 0 unspecified atom stereocenters. The summed E-state index contributed by atoms with van der Waals surface area (Å²) in [5, 5.41) is 13.1. The molecule has 3 aromatic rings. The van der Waals surface area contributed by atoms with Crippen LogP contribution < -0.4 is 16.5 Å². The van der Waals surface area contributed by atoms with E-state index in [-0.39, 0.29) is 40.3 Å². The third-order valence-electron chi connectivity index (χ3n) is 4.76. The van der Waals surface area contributed by atoms with Crippen molar-refractivity contribution in [3.8, 4) is 0 Å². The topological polar surface area (TPSA) is 118 Å². The van der Waals surface area contributed by atoms with Crippen molar-refractivity contribution in [3.05, 3.63) is 45.6 Å². The van der Waals surface area contributed by atoms with E-state index in [1.807, 2.05) is 12.1 Å². The minimum Gasteiger partial charge on any atom is -0.478 e. The first-order chi connectivity index (χ1) is 12.0. The van der Waals surface area contributed by atoms with Crippen LogP contribution in [-0.4, -0.2) is 29.1 Å². The van der Waals surface area contributed by atoms with Crippen LogP contribution in [-0.2, 0) is 0 Å². The molecular formula is C18H18ClN3O4. The summed E-state index contributed by atoms with van der Waals surface area (Å²) in [4.78, 5) is 28.0. The molecule has 3 heterocycles. The van der Waals surface area contributed by atoms with Gasteiger partial charge in [0.15, 0.2) is 0 Å². The van der Waals surface area contributed by atoms with Gasteiger partial charge in [-0.2, -0.15) is 4.98 Å². The van der Waals surface area contributed by atoms with E-state index in [1.54, 1.807) is 6.07 Å². The zero-order chi connectivity index (χ0) is 17.6. The van der Waals surface area contributed by atoms with Crippen LogP contribution in [0.1, 0.15) is 34.7 Å². The molecule has 0 amide bonds. The number of benzene rings is 1. The predicted octanol–water partition coefficient (Wildman–Crippen LogP) is 2.51. The number of pyridine rings is 1. The average molecular weight is 376 g/mol. The normalized spacial score (nSPS) is 15.1. The van der Waals surface area contributed by atoms with Crippen molar-refractivity contribution in [2.24, 2.45) is 0 Å². The van der Waals surface area contributed by atoms with Crippen molar-refractivity contribution in [2.45, 2.75) is 18.8 Å². The lowest BCUT2D eigenvalue weighted by atomic mass is 9.89. The van der Waals surface area contributed by atoms with E-state index in [1.165, 1.54) is 6.07 Å². The molecule has 1 fully saturated rings. The summed E-state index contributed by atoms with van der Waals surface area (Å²) in [5.41, 5.74) is 6.72. The third-order valence-corrected chi connectivity index (χ3v) is 4.76. The minimum atomic E-state index is -1.23. The molecule has 2 aromatic heterocycles. The van der Waals surface area contributed by atoms with E-state index in [4.69, 9.17) is 10.2 Å². The molecule has 0 aliphatic carbocycles. The highest BCUT2D eigenvalue weighted by Gasteiger charge is 2.19. The summed E-state index contributed by atoms with van der Waals surface area (Å²) in [6, 6.07) is 6.84. The number of nitrogens with two attached hydrogens (primary N) is 1. The maximum absolute atomic E-state index is 12.9. The second kappa shape index (κ2) is 6.93. The van der Waals surface area contributed by atoms with E-state index in [0.717, 1.165) is 31.5 Å². The van der Waals surface area contributed by atoms with Gasteiger partial charge in [-0.25, -0.2) is 4.79 Å². The van der Waals surface area contributed by atoms with Crippen LogP contribution in [0.2, 0.25) is 0 Å². The minimum absolute atomic E-state index is 0. The molecule has 1 aromatic carbocycles. The summed E-state index contributed by atoms with van der Waals surface area (Å²) in [6.07, 6.45) is 2.04. The number of carboxylic acids is 1. The van der Waals surface area contributed by atoms with Gasteiger partial charge >= 0.3 is 5.97 Å². The Kier molecular flexibility index (Phi) is 4.84. The summed E-state index contributed by atoms with van der Waals surface area (Å²) in [7, 11) is 0. The molecule has 0 spiro atoms. The van der Waals surface area contributed by atoms with Gasteiger partial charge in [-0.3, -0.25) is 4.79 Å². The Morgan fingerprint density at radius 3 is 2.65 bits per heavy atom. The number of nitrogen functional groups attached to an aromatic ring is 1. The fraction of sp³-hybridized carbons (Fsp3) is 0.278. The van der Waals surface area contributed by atoms with Crippen LogP contribution >= 0.6 is 12.4 Å². The number of hydrogen-bond donors (Lipinski definition) is 3. The summed E-state index contributed by atoms with van der Waals surface area (Å²) < 4.78 is 5.69. The van der Waals surface area contributed by atoms with Gasteiger partial charge in [0, 0.05) is 0 Å². The number of carboxylic acid groups (broad SMARTS) is 1. The lowest BCUT2D eigenvalue weighted by Gasteiger charge is -2.23. The van der Waals surface area contributed by atoms with Crippen molar-refractivity contribution in [1.29, 1.82) is 0 Å². The molecule has 4 rings (SSSR count). The van der Waals surface area contributed by atoms with E-state index >= 15 is 0 Å². The fourth-order valence-corrected chi connectivity index (χ4v) is 3.39. The lowest BCUT2D eigenvalue weighted by Crippen LogP contribution is -2.26. The Morgan fingerprint density at radius 2 is 1.96 bits per heavy atom. The number of nitrogens with one attached hydrogen (secondary N) is 1. The Labute approximate surface area is 154 Å². The average Bonchev–Trinajstić information content (AvgIpc) is 2.62. The van der Waals surface area contributed by atoms with Gasteiger partial charge < -0.3 is 20.6 Å². The smallest absolute Gasteiger partial charge is 0.339 e.